The Morgan fingerprint density at radius 2 is 1.96 bits per heavy atom. The molecule has 7 heteroatoms. The minimum Gasteiger partial charge on any atom is -0.479 e. The van der Waals surface area contributed by atoms with Crippen LogP contribution < -0.4 is 0 Å². The van der Waals surface area contributed by atoms with Gasteiger partial charge in [-0.2, -0.15) is 0 Å². The number of carbonyl (C=O) groups is 2. The molecule has 0 radical (unpaired) electrons. The lowest BCUT2D eigenvalue weighted by molar-refractivity contribution is -0.162. The predicted molar refractivity (Wildman–Crippen MR) is 84.2 cm³/mol. The van der Waals surface area contributed by atoms with Crippen LogP contribution in [0.3, 0.4) is 0 Å². The largest absolute Gasteiger partial charge is 0.479 e. The molecule has 2 heterocycles. The molecule has 0 bridgehead atoms. The Bertz CT molecular complexity index is 793. The maximum absolute atomic E-state index is 13.9. The van der Waals surface area contributed by atoms with Gasteiger partial charge in [0.05, 0.1) is 4.88 Å². The molecule has 2 aromatic rings. The number of rotatable bonds is 2. The van der Waals surface area contributed by atoms with E-state index < -0.39 is 11.6 Å². The first-order chi connectivity index (χ1) is 10.8. The number of carboxylic acid groups (broad SMARTS) is 1. The quantitative estimate of drug-likeness (QED) is 0.882. The van der Waals surface area contributed by atoms with Crippen LogP contribution in [0, 0.1) is 12.7 Å². The van der Waals surface area contributed by atoms with Gasteiger partial charge < -0.3 is 15.1 Å². The highest BCUT2D eigenvalue weighted by Crippen LogP contribution is 2.34. The molecule has 5 nitrogen and oxygen atoms in total. The second-order valence-corrected chi connectivity index (χ2v) is 6.85. The summed E-state index contributed by atoms with van der Waals surface area (Å²) in [6, 6.07) is 4.74. The number of nitrogens with zero attached hydrogens (tertiary/aromatic N) is 1. The number of carbonyl (C=O) groups excluding carboxylic acids is 1. The van der Waals surface area contributed by atoms with Crippen molar-refractivity contribution in [1.29, 1.82) is 0 Å². The second kappa shape index (κ2) is 5.58. The van der Waals surface area contributed by atoms with Gasteiger partial charge in [-0.25, -0.2) is 9.18 Å². The Labute approximate surface area is 136 Å². The van der Waals surface area contributed by atoms with Crippen molar-refractivity contribution >= 4 is 33.3 Å². The number of piperidine rings is 1. The number of amides is 1. The molecule has 0 aliphatic carbocycles. The van der Waals surface area contributed by atoms with Crippen LogP contribution in [-0.4, -0.2) is 45.7 Å². The van der Waals surface area contributed by atoms with Crippen LogP contribution in [-0.2, 0) is 4.79 Å². The number of aryl methyl sites for hydroxylation is 1. The average molecular weight is 337 g/mol. The first kappa shape index (κ1) is 15.9. The van der Waals surface area contributed by atoms with Gasteiger partial charge >= 0.3 is 5.97 Å². The van der Waals surface area contributed by atoms with Gasteiger partial charge in [0, 0.05) is 36.0 Å². The summed E-state index contributed by atoms with van der Waals surface area (Å²) in [5.41, 5.74) is -1.16. The Balaban J connectivity index is 1.86. The van der Waals surface area contributed by atoms with Crippen LogP contribution in [0.1, 0.15) is 28.1 Å². The summed E-state index contributed by atoms with van der Waals surface area (Å²) in [6.45, 7) is 2.04. The number of hydrogen-bond donors (Lipinski definition) is 2. The molecule has 1 aliphatic rings. The fourth-order valence-electron chi connectivity index (χ4n) is 2.89. The first-order valence-corrected chi connectivity index (χ1v) is 8.08. The van der Waals surface area contributed by atoms with Crippen molar-refractivity contribution in [2.24, 2.45) is 0 Å². The molecule has 1 aromatic heterocycles. The summed E-state index contributed by atoms with van der Waals surface area (Å²) in [7, 11) is 0. The van der Waals surface area contributed by atoms with Crippen LogP contribution in [0.15, 0.2) is 18.2 Å². The van der Waals surface area contributed by atoms with Crippen LogP contribution in [0.2, 0.25) is 0 Å². The number of aliphatic carboxylic acids is 1. The van der Waals surface area contributed by atoms with E-state index in [4.69, 9.17) is 5.11 Å². The number of likely N-dealkylation sites (tertiary alicyclic amines) is 1. The van der Waals surface area contributed by atoms with Gasteiger partial charge in [0.25, 0.3) is 5.91 Å². The lowest BCUT2D eigenvalue weighted by Crippen LogP contribution is -2.50. The predicted octanol–water partition coefficient (Wildman–Crippen LogP) is 2.40. The van der Waals surface area contributed by atoms with Gasteiger partial charge in [-0.1, -0.05) is 6.07 Å². The summed E-state index contributed by atoms with van der Waals surface area (Å²) in [6.07, 6.45) is -0.0151. The fraction of sp³-hybridized carbons (Fsp3) is 0.375. The topological polar surface area (TPSA) is 77.8 Å². The van der Waals surface area contributed by atoms with Crippen molar-refractivity contribution in [3.63, 3.8) is 0 Å². The minimum absolute atomic E-state index is 0.00756. The highest BCUT2D eigenvalue weighted by atomic mass is 32.1. The number of benzene rings is 1. The van der Waals surface area contributed by atoms with E-state index in [9.17, 15) is 19.1 Å². The molecule has 3 rings (SSSR count). The van der Waals surface area contributed by atoms with Gasteiger partial charge in [-0.05, 0) is 24.6 Å². The highest BCUT2D eigenvalue weighted by Gasteiger charge is 2.40. The summed E-state index contributed by atoms with van der Waals surface area (Å²) < 4.78 is 14.7. The van der Waals surface area contributed by atoms with E-state index >= 15 is 0 Å². The molecule has 1 aliphatic heterocycles. The zero-order valence-corrected chi connectivity index (χ0v) is 13.3. The Morgan fingerprint density at radius 1 is 1.30 bits per heavy atom. The van der Waals surface area contributed by atoms with E-state index in [1.807, 2.05) is 0 Å². The van der Waals surface area contributed by atoms with E-state index in [-0.39, 0.29) is 37.7 Å². The summed E-state index contributed by atoms with van der Waals surface area (Å²) in [4.78, 5) is 25.7. The smallest absolute Gasteiger partial charge is 0.335 e. The average Bonchev–Trinajstić information content (AvgIpc) is 2.85. The van der Waals surface area contributed by atoms with E-state index in [0.717, 1.165) is 0 Å². The number of halogens is 1. The molecule has 122 valence electrons. The molecule has 1 fully saturated rings. The van der Waals surface area contributed by atoms with Crippen molar-refractivity contribution in [2.45, 2.75) is 25.4 Å². The Morgan fingerprint density at radius 3 is 2.52 bits per heavy atom. The van der Waals surface area contributed by atoms with E-state index in [1.54, 1.807) is 19.1 Å². The highest BCUT2D eigenvalue weighted by molar-refractivity contribution is 7.21. The molecular formula is C16H16FNO4S. The van der Waals surface area contributed by atoms with E-state index in [0.29, 0.717) is 20.5 Å². The second-order valence-electron chi connectivity index (χ2n) is 5.80. The van der Waals surface area contributed by atoms with Crippen LogP contribution in [0.4, 0.5) is 4.39 Å². The Kier molecular flexibility index (Phi) is 3.85. The van der Waals surface area contributed by atoms with Gasteiger partial charge in [0.1, 0.15) is 5.82 Å². The molecule has 1 aromatic carbocycles. The first-order valence-electron chi connectivity index (χ1n) is 7.26. The standard InChI is InChI=1S/C16H16FNO4S/c1-9-12-10(17)3-2-4-11(12)23-13(9)14(19)18-7-5-16(22,6-8-18)15(20)21/h2-4,22H,5-8H2,1H3,(H,20,21). The zero-order valence-electron chi connectivity index (χ0n) is 12.5. The van der Waals surface area contributed by atoms with Crippen LogP contribution >= 0.6 is 11.3 Å². The molecule has 23 heavy (non-hydrogen) atoms. The third-order valence-corrected chi connectivity index (χ3v) is 5.62. The number of fused-ring (bicyclic) bond motifs is 1. The molecule has 2 N–H and O–H groups in total. The Hall–Kier alpha value is -1.99. The third-order valence-electron chi connectivity index (χ3n) is 4.37. The molecule has 0 unspecified atom stereocenters. The van der Waals surface area contributed by atoms with Gasteiger partial charge in [-0.3, -0.25) is 4.79 Å². The summed E-state index contributed by atoms with van der Waals surface area (Å²) in [5.74, 6) is -1.85. The van der Waals surface area contributed by atoms with Crippen molar-refractivity contribution in [3.8, 4) is 0 Å². The van der Waals surface area contributed by atoms with Crippen molar-refractivity contribution in [3.05, 3.63) is 34.5 Å². The van der Waals surface area contributed by atoms with Crippen LogP contribution in [0.25, 0.3) is 10.1 Å². The molecule has 0 spiro atoms. The number of thiophene rings is 1. The van der Waals surface area contributed by atoms with Crippen LogP contribution in [0.5, 0.6) is 0 Å². The third kappa shape index (κ3) is 2.60. The minimum atomic E-state index is -1.77. The lowest BCUT2D eigenvalue weighted by atomic mass is 9.91. The monoisotopic (exact) mass is 337 g/mol. The van der Waals surface area contributed by atoms with E-state index in [2.05, 4.69) is 0 Å². The van der Waals surface area contributed by atoms with Gasteiger partial charge in [-0.15, -0.1) is 11.3 Å². The zero-order chi connectivity index (χ0) is 16.8. The van der Waals surface area contributed by atoms with E-state index in [1.165, 1.54) is 22.3 Å². The maximum Gasteiger partial charge on any atom is 0.335 e. The van der Waals surface area contributed by atoms with Crippen molar-refractivity contribution < 1.29 is 24.2 Å². The van der Waals surface area contributed by atoms with Gasteiger partial charge in [0.2, 0.25) is 0 Å². The number of carboxylic acids is 1. The van der Waals surface area contributed by atoms with Crippen molar-refractivity contribution in [2.75, 3.05) is 13.1 Å². The number of aliphatic hydroxyl groups is 1. The maximum atomic E-state index is 13.9. The normalized spacial score (nSPS) is 17.4. The lowest BCUT2D eigenvalue weighted by Gasteiger charge is -2.35. The molecule has 1 saturated heterocycles. The number of hydrogen-bond acceptors (Lipinski definition) is 4. The van der Waals surface area contributed by atoms with Gasteiger partial charge in [0.15, 0.2) is 5.60 Å². The molecular weight excluding hydrogens is 321 g/mol. The summed E-state index contributed by atoms with van der Waals surface area (Å²) >= 11 is 1.24. The summed E-state index contributed by atoms with van der Waals surface area (Å²) in [5, 5.41) is 19.4. The fourth-order valence-corrected chi connectivity index (χ4v) is 4.09. The molecule has 0 saturated carbocycles. The van der Waals surface area contributed by atoms with Crippen molar-refractivity contribution in [1.82, 2.24) is 4.90 Å². The molecule has 0 atom stereocenters. The molecule has 1 amide bonds. The SMILES string of the molecule is Cc1c(C(=O)N2CCC(O)(C(=O)O)CC2)sc2cccc(F)c12.